The van der Waals surface area contributed by atoms with E-state index < -0.39 is 5.97 Å². The number of rotatable bonds is 5. The van der Waals surface area contributed by atoms with Crippen molar-refractivity contribution in [1.82, 2.24) is 24.6 Å². The van der Waals surface area contributed by atoms with E-state index in [1.807, 2.05) is 0 Å². The number of hydrogen-bond donors (Lipinski definition) is 1. The summed E-state index contributed by atoms with van der Waals surface area (Å²) in [6.07, 6.45) is 2.87. The minimum atomic E-state index is -0.462. The molecular formula is C15H23N5O4. The molecule has 2 heterocycles. The maximum atomic E-state index is 12.4. The first kappa shape index (κ1) is 16.5. The molecule has 1 aromatic heterocycles. The van der Waals surface area contributed by atoms with Crippen LogP contribution in [0.15, 0.2) is 4.79 Å². The molecule has 9 heteroatoms. The van der Waals surface area contributed by atoms with Crippen LogP contribution in [0.2, 0.25) is 0 Å². The number of urea groups is 1. The summed E-state index contributed by atoms with van der Waals surface area (Å²) in [6, 6.07) is -0.327. The van der Waals surface area contributed by atoms with E-state index in [-0.39, 0.29) is 24.9 Å². The molecule has 3 rings (SSSR count). The second-order valence-corrected chi connectivity index (χ2v) is 6.18. The number of esters is 1. The maximum absolute atomic E-state index is 12.4. The van der Waals surface area contributed by atoms with Gasteiger partial charge in [0.05, 0.1) is 6.61 Å². The molecule has 0 radical (unpaired) electrons. The molecule has 1 aliphatic carbocycles. The third-order valence-electron chi connectivity index (χ3n) is 4.30. The van der Waals surface area contributed by atoms with Crippen LogP contribution in [-0.2, 0) is 29.0 Å². The summed E-state index contributed by atoms with van der Waals surface area (Å²) in [5, 5.41) is 6.96. The molecule has 0 spiro atoms. The van der Waals surface area contributed by atoms with Crippen LogP contribution in [0.4, 0.5) is 4.79 Å². The van der Waals surface area contributed by atoms with Gasteiger partial charge in [0.15, 0.2) is 0 Å². The zero-order valence-corrected chi connectivity index (χ0v) is 13.9. The summed E-state index contributed by atoms with van der Waals surface area (Å²) in [5.74, 6) is 0.852. The zero-order chi connectivity index (χ0) is 17.1. The predicted molar refractivity (Wildman–Crippen MR) is 84.5 cm³/mol. The van der Waals surface area contributed by atoms with E-state index in [0.717, 1.165) is 5.82 Å². The maximum Gasteiger partial charge on any atom is 0.345 e. The third-order valence-corrected chi connectivity index (χ3v) is 4.30. The lowest BCUT2D eigenvalue weighted by atomic mass is 10.4. The van der Waals surface area contributed by atoms with E-state index in [4.69, 9.17) is 4.74 Å². The lowest BCUT2D eigenvalue weighted by Gasteiger charge is -2.20. The normalized spacial score (nSPS) is 17.1. The van der Waals surface area contributed by atoms with E-state index in [1.54, 1.807) is 21.1 Å². The number of nitrogens with one attached hydrogen (secondary N) is 1. The molecule has 2 aliphatic rings. The molecule has 0 unspecified atom stereocenters. The summed E-state index contributed by atoms with van der Waals surface area (Å²) in [5.41, 5.74) is -0.0920. The van der Waals surface area contributed by atoms with Gasteiger partial charge in [-0.25, -0.2) is 14.3 Å². The molecule has 0 bridgehead atoms. The number of nitrogens with zero attached hydrogens (tertiary/aromatic N) is 4. The molecule has 0 aromatic carbocycles. The highest BCUT2D eigenvalue weighted by Gasteiger charge is 2.26. The highest BCUT2D eigenvalue weighted by atomic mass is 16.5. The minimum absolute atomic E-state index is 0.0920. The first-order valence-electron chi connectivity index (χ1n) is 8.43. The molecule has 1 fully saturated rings. The van der Waals surface area contributed by atoms with Crippen molar-refractivity contribution < 1.29 is 14.3 Å². The van der Waals surface area contributed by atoms with Gasteiger partial charge in [0, 0.05) is 32.6 Å². The van der Waals surface area contributed by atoms with Crippen molar-refractivity contribution in [1.29, 1.82) is 0 Å². The van der Waals surface area contributed by atoms with Crippen LogP contribution in [0.1, 0.15) is 25.6 Å². The van der Waals surface area contributed by atoms with Gasteiger partial charge in [-0.05, 0) is 25.7 Å². The van der Waals surface area contributed by atoms with Crippen LogP contribution < -0.4 is 11.0 Å². The largest absolute Gasteiger partial charge is 0.465 e. The number of carbonyl (C=O) groups is 2. The Labute approximate surface area is 139 Å². The molecule has 9 nitrogen and oxygen atoms in total. The third kappa shape index (κ3) is 3.77. The Hall–Kier alpha value is -2.32. The van der Waals surface area contributed by atoms with E-state index in [2.05, 4.69) is 10.4 Å². The monoisotopic (exact) mass is 337 g/mol. The summed E-state index contributed by atoms with van der Waals surface area (Å²) in [4.78, 5) is 37.4. The molecule has 0 atom stereocenters. The molecular weight excluding hydrogens is 314 g/mol. The van der Waals surface area contributed by atoms with Crippen LogP contribution in [0.5, 0.6) is 0 Å². The van der Waals surface area contributed by atoms with E-state index in [9.17, 15) is 14.4 Å². The number of fused-ring (bicyclic) bond motifs is 1. The van der Waals surface area contributed by atoms with Crippen molar-refractivity contribution in [2.45, 2.75) is 39.3 Å². The van der Waals surface area contributed by atoms with Gasteiger partial charge in [0.2, 0.25) is 0 Å². The van der Waals surface area contributed by atoms with Crippen molar-refractivity contribution in [2.24, 2.45) is 5.92 Å². The number of carbonyl (C=O) groups excluding carboxylic acids is 2. The van der Waals surface area contributed by atoms with Gasteiger partial charge in [-0.3, -0.25) is 9.36 Å². The van der Waals surface area contributed by atoms with Crippen LogP contribution in [0.3, 0.4) is 0 Å². The first-order chi connectivity index (χ1) is 11.6. The summed E-state index contributed by atoms with van der Waals surface area (Å²) >= 11 is 0. The second kappa shape index (κ2) is 7.06. The smallest absolute Gasteiger partial charge is 0.345 e. The number of aromatic nitrogens is 3. The summed E-state index contributed by atoms with van der Waals surface area (Å²) in [6.45, 7) is 3.85. The Kier molecular flexibility index (Phi) is 4.86. The quantitative estimate of drug-likeness (QED) is 0.736. The van der Waals surface area contributed by atoms with E-state index in [1.165, 1.54) is 12.8 Å². The Morgan fingerprint density at radius 1 is 1.29 bits per heavy atom. The lowest BCUT2D eigenvalue weighted by Crippen LogP contribution is -2.44. The predicted octanol–water partition coefficient (Wildman–Crippen LogP) is -0.414. The van der Waals surface area contributed by atoms with Gasteiger partial charge in [-0.2, -0.15) is 5.10 Å². The fourth-order valence-electron chi connectivity index (χ4n) is 2.80. The average Bonchev–Trinajstić information content (AvgIpc) is 3.35. The van der Waals surface area contributed by atoms with Gasteiger partial charge in [0.1, 0.15) is 12.4 Å². The van der Waals surface area contributed by atoms with Gasteiger partial charge >= 0.3 is 17.7 Å². The number of ether oxygens (including phenoxy) is 1. The van der Waals surface area contributed by atoms with E-state index >= 15 is 0 Å². The second-order valence-electron chi connectivity index (χ2n) is 6.18. The average molecular weight is 337 g/mol. The minimum Gasteiger partial charge on any atom is -0.465 e. The highest BCUT2D eigenvalue weighted by Crippen LogP contribution is 2.29. The fraction of sp³-hybridized carbons (Fsp3) is 0.733. The van der Waals surface area contributed by atoms with Crippen LogP contribution >= 0.6 is 0 Å². The molecule has 1 saturated carbocycles. The molecule has 2 amide bonds. The summed E-state index contributed by atoms with van der Waals surface area (Å²) < 4.78 is 7.99. The van der Waals surface area contributed by atoms with Crippen molar-refractivity contribution >= 4 is 12.0 Å². The van der Waals surface area contributed by atoms with Crippen LogP contribution in [0.25, 0.3) is 0 Å². The lowest BCUT2D eigenvalue weighted by molar-refractivity contribution is -0.141. The molecule has 132 valence electrons. The van der Waals surface area contributed by atoms with Crippen LogP contribution in [-0.4, -0.2) is 57.5 Å². The molecule has 24 heavy (non-hydrogen) atoms. The van der Waals surface area contributed by atoms with Crippen molar-refractivity contribution in [3.63, 3.8) is 0 Å². The molecule has 1 aromatic rings. The molecule has 0 saturated heterocycles. The Balaban J connectivity index is 1.56. The fourth-order valence-corrected chi connectivity index (χ4v) is 2.80. The van der Waals surface area contributed by atoms with Crippen molar-refractivity contribution in [3.8, 4) is 0 Å². The summed E-state index contributed by atoms with van der Waals surface area (Å²) in [7, 11) is 0. The standard InChI is InChI=1S/C15H23N5O4/c1-2-24-13(21)9-16-14(22)18-6-5-12-17-20(10-11-3-4-11)15(23)19(12)8-7-18/h11H,2-10H2,1H3,(H,16,22). The first-order valence-corrected chi connectivity index (χ1v) is 8.43. The SMILES string of the molecule is CCOC(=O)CNC(=O)N1CCc2nn(CC3CC3)c(=O)n2CC1. The Morgan fingerprint density at radius 2 is 2.08 bits per heavy atom. The number of amides is 2. The number of hydrogen-bond acceptors (Lipinski definition) is 5. The van der Waals surface area contributed by atoms with Crippen molar-refractivity contribution in [2.75, 3.05) is 26.2 Å². The topological polar surface area (TPSA) is 98.5 Å². The van der Waals surface area contributed by atoms with Crippen LogP contribution in [0, 0.1) is 5.92 Å². The van der Waals surface area contributed by atoms with Gasteiger partial charge < -0.3 is 15.0 Å². The Bertz CT molecular complexity index is 676. The van der Waals surface area contributed by atoms with Crippen molar-refractivity contribution in [3.05, 3.63) is 16.3 Å². The van der Waals surface area contributed by atoms with Gasteiger partial charge in [-0.15, -0.1) is 0 Å². The van der Waals surface area contributed by atoms with Gasteiger partial charge in [0.25, 0.3) is 0 Å². The van der Waals surface area contributed by atoms with Gasteiger partial charge in [-0.1, -0.05) is 0 Å². The molecule has 1 N–H and O–H groups in total. The Morgan fingerprint density at radius 3 is 2.79 bits per heavy atom. The molecule has 1 aliphatic heterocycles. The highest BCUT2D eigenvalue weighted by molar-refractivity contribution is 5.80. The van der Waals surface area contributed by atoms with E-state index in [0.29, 0.717) is 38.5 Å². The zero-order valence-electron chi connectivity index (χ0n) is 13.9.